The third kappa shape index (κ3) is 4.28. The Morgan fingerprint density at radius 3 is 2.74 bits per heavy atom. The van der Waals surface area contributed by atoms with Gasteiger partial charge in [-0.05, 0) is 31.4 Å². The van der Waals surface area contributed by atoms with Gasteiger partial charge in [0, 0.05) is 24.0 Å². The molecule has 0 radical (unpaired) electrons. The molecule has 0 amide bonds. The van der Waals surface area contributed by atoms with Crippen LogP contribution in [0.3, 0.4) is 0 Å². The Hall–Kier alpha value is -2.03. The molecule has 0 aliphatic rings. The summed E-state index contributed by atoms with van der Waals surface area (Å²) in [6, 6.07) is 14.8. The maximum absolute atomic E-state index is 5.11. The van der Waals surface area contributed by atoms with Crippen LogP contribution in [0.5, 0.6) is 5.88 Å². The summed E-state index contributed by atoms with van der Waals surface area (Å²) in [7, 11) is 1.63. The van der Waals surface area contributed by atoms with Gasteiger partial charge in [0.1, 0.15) is 0 Å². The first-order valence-corrected chi connectivity index (χ1v) is 6.58. The fourth-order valence-corrected chi connectivity index (χ4v) is 2.00. The highest BCUT2D eigenvalue weighted by atomic mass is 16.5. The minimum atomic E-state index is 0.410. The van der Waals surface area contributed by atoms with Gasteiger partial charge in [0.15, 0.2) is 0 Å². The summed E-state index contributed by atoms with van der Waals surface area (Å²) < 4.78 is 5.11. The van der Waals surface area contributed by atoms with E-state index in [1.54, 1.807) is 13.3 Å². The molecule has 1 aromatic carbocycles. The van der Waals surface area contributed by atoms with Crippen LogP contribution in [-0.4, -0.2) is 18.1 Å². The molecule has 2 aromatic rings. The molecule has 0 bridgehead atoms. The number of aryl methyl sites for hydroxylation is 1. The van der Waals surface area contributed by atoms with Crippen molar-refractivity contribution in [2.45, 2.75) is 25.8 Å². The van der Waals surface area contributed by atoms with Crippen LogP contribution in [0, 0.1) is 0 Å². The predicted octanol–water partition coefficient (Wildman–Crippen LogP) is 3.52. The number of aromatic nitrogens is 1. The first-order valence-electron chi connectivity index (χ1n) is 6.58. The van der Waals surface area contributed by atoms with Gasteiger partial charge in [0.2, 0.25) is 5.88 Å². The third-order valence-electron chi connectivity index (χ3n) is 3.07. The summed E-state index contributed by atoms with van der Waals surface area (Å²) in [6.45, 7) is 2.19. The zero-order valence-corrected chi connectivity index (χ0v) is 11.5. The normalized spacial score (nSPS) is 11.9. The molecule has 3 heteroatoms. The van der Waals surface area contributed by atoms with Crippen LogP contribution in [0.25, 0.3) is 0 Å². The number of nitrogens with zero attached hydrogens (tertiary/aromatic N) is 1. The Morgan fingerprint density at radius 2 is 2.00 bits per heavy atom. The van der Waals surface area contributed by atoms with E-state index in [4.69, 9.17) is 4.74 Å². The van der Waals surface area contributed by atoms with Crippen molar-refractivity contribution in [1.82, 2.24) is 4.98 Å². The van der Waals surface area contributed by atoms with Gasteiger partial charge in [-0.2, -0.15) is 0 Å². The lowest BCUT2D eigenvalue weighted by Gasteiger charge is -2.15. The Morgan fingerprint density at radius 1 is 1.21 bits per heavy atom. The van der Waals surface area contributed by atoms with Crippen LogP contribution >= 0.6 is 0 Å². The molecular weight excluding hydrogens is 236 g/mol. The summed E-state index contributed by atoms with van der Waals surface area (Å²) in [5, 5.41) is 3.47. The van der Waals surface area contributed by atoms with Crippen LogP contribution in [0.15, 0.2) is 48.7 Å². The summed E-state index contributed by atoms with van der Waals surface area (Å²) in [4.78, 5) is 4.10. The number of pyridine rings is 1. The van der Waals surface area contributed by atoms with Gasteiger partial charge in [-0.15, -0.1) is 0 Å². The zero-order valence-electron chi connectivity index (χ0n) is 11.5. The largest absolute Gasteiger partial charge is 0.481 e. The van der Waals surface area contributed by atoms with Gasteiger partial charge in [-0.25, -0.2) is 4.98 Å². The van der Waals surface area contributed by atoms with Crippen LogP contribution in [0.4, 0.5) is 5.69 Å². The molecule has 1 unspecified atom stereocenters. The van der Waals surface area contributed by atoms with Crippen LogP contribution in [0.2, 0.25) is 0 Å². The Balaban J connectivity index is 1.85. The molecule has 100 valence electrons. The second-order valence-corrected chi connectivity index (χ2v) is 4.66. The Kier molecular flexibility index (Phi) is 4.78. The Labute approximate surface area is 114 Å². The van der Waals surface area contributed by atoms with E-state index in [1.165, 1.54) is 5.56 Å². The number of benzene rings is 1. The van der Waals surface area contributed by atoms with Gasteiger partial charge in [0.25, 0.3) is 0 Å². The number of nitrogens with one attached hydrogen (secondary N) is 1. The highest BCUT2D eigenvalue weighted by molar-refractivity contribution is 5.45. The van der Waals surface area contributed by atoms with Gasteiger partial charge in [-0.1, -0.05) is 30.3 Å². The molecule has 1 atom stereocenters. The maximum atomic E-state index is 5.11. The average molecular weight is 256 g/mol. The first kappa shape index (κ1) is 13.4. The average Bonchev–Trinajstić information content (AvgIpc) is 2.46. The topological polar surface area (TPSA) is 34.1 Å². The van der Waals surface area contributed by atoms with Crippen LogP contribution in [0.1, 0.15) is 18.9 Å². The van der Waals surface area contributed by atoms with E-state index in [2.05, 4.69) is 47.6 Å². The minimum Gasteiger partial charge on any atom is -0.481 e. The van der Waals surface area contributed by atoms with Crippen molar-refractivity contribution in [1.29, 1.82) is 0 Å². The van der Waals surface area contributed by atoms with Gasteiger partial charge in [-0.3, -0.25) is 0 Å². The molecule has 2 rings (SSSR count). The van der Waals surface area contributed by atoms with Crippen molar-refractivity contribution in [3.63, 3.8) is 0 Å². The molecule has 0 spiro atoms. The van der Waals surface area contributed by atoms with Crippen molar-refractivity contribution in [3.8, 4) is 5.88 Å². The number of hydrogen-bond acceptors (Lipinski definition) is 3. The van der Waals surface area contributed by atoms with Crippen molar-refractivity contribution in [3.05, 3.63) is 54.2 Å². The highest BCUT2D eigenvalue weighted by Crippen LogP contribution is 2.16. The lowest BCUT2D eigenvalue weighted by molar-refractivity contribution is 0.398. The SMILES string of the molecule is COc1cc(NC(C)CCc2ccccc2)ccn1. The zero-order chi connectivity index (χ0) is 13.5. The van der Waals surface area contributed by atoms with Gasteiger partial charge in [0.05, 0.1) is 7.11 Å². The highest BCUT2D eigenvalue weighted by Gasteiger charge is 2.04. The molecule has 0 saturated carbocycles. The number of anilines is 1. The second-order valence-electron chi connectivity index (χ2n) is 4.66. The summed E-state index contributed by atoms with van der Waals surface area (Å²) in [5.74, 6) is 0.639. The number of rotatable bonds is 6. The molecule has 1 heterocycles. The molecule has 1 N–H and O–H groups in total. The van der Waals surface area contributed by atoms with Gasteiger partial charge < -0.3 is 10.1 Å². The van der Waals surface area contributed by atoms with Crippen LogP contribution < -0.4 is 10.1 Å². The molecule has 3 nitrogen and oxygen atoms in total. The van der Waals surface area contributed by atoms with E-state index in [1.807, 2.05) is 12.1 Å². The van der Waals surface area contributed by atoms with Crippen molar-refractivity contribution < 1.29 is 4.74 Å². The smallest absolute Gasteiger partial charge is 0.214 e. The fraction of sp³-hybridized carbons (Fsp3) is 0.312. The molecule has 0 fully saturated rings. The fourth-order valence-electron chi connectivity index (χ4n) is 2.00. The van der Waals surface area contributed by atoms with Crippen molar-refractivity contribution in [2.75, 3.05) is 12.4 Å². The maximum Gasteiger partial charge on any atom is 0.214 e. The van der Waals surface area contributed by atoms with Crippen LogP contribution in [-0.2, 0) is 6.42 Å². The lowest BCUT2D eigenvalue weighted by Crippen LogP contribution is -2.16. The van der Waals surface area contributed by atoms with Crippen molar-refractivity contribution in [2.24, 2.45) is 0 Å². The molecule has 0 aliphatic heterocycles. The van der Waals surface area contributed by atoms with E-state index in [0.29, 0.717) is 11.9 Å². The van der Waals surface area contributed by atoms with E-state index < -0.39 is 0 Å². The second kappa shape index (κ2) is 6.78. The molecule has 0 saturated heterocycles. The monoisotopic (exact) mass is 256 g/mol. The molecular formula is C16H20N2O. The molecule has 0 aliphatic carbocycles. The molecule has 19 heavy (non-hydrogen) atoms. The first-order chi connectivity index (χ1) is 9.28. The lowest BCUT2D eigenvalue weighted by atomic mass is 10.1. The predicted molar refractivity (Wildman–Crippen MR) is 78.6 cm³/mol. The Bertz CT molecular complexity index is 499. The standard InChI is InChI=1S/C16H20N2O/c1-13(8-9-14-6-4-3-5-7-14)18-15-10-11-17-16(12-15)19-2/h3-7,10-13H,8-9H2,1-2H3,(H,17,18). The number of hydrogen-bond donors (Lipinski definition) is 1. The number of methoxy groups -OCH3 is 1. The van der Waals surface area contributed by atoms with E-state index >= 15 is 0 Å². The van der Waals surface area contributed by atoms with E-state index in [0.717, 1.165) is 18.5 Å². The van der Waals surface area contributed by atoms with Crippen molar-refractivity contribution >= 4 is 5.69 Å². The van der Waals surface area contributed by atoms with E-state index in [-0.39, 0.29) is 0 Å². The third-order valence-corrected chi connectivity index (χ3v) is 3.07. The van der Waals surface area contributed by atoms with E-state index in [9.17, 15) is 0 Å². The summed E-state index contributed by atoms with van der Waals surface area (Å²) >= 11 is 0. The van der Waals surface area contributed by atoms with Gasteiger partial charge >= 0.3 is 0 Å². The minimum absolute atomic E-state index is 0.410. The number of ether oxygens (including phenoxy) is 1. The quantitative estimate of drug-likeness (QED) is 0.858. The summed E-state index contributed by atoms with van der Waals surface area (Å²) in [6.07, 6.45) is 3.93. The molecule has 1 aromatic heterocycles. The summed E-state index contributed by atoms with van der Waals surface area (Å²) in [5.41, 5.74) is 2.43.